The van der Waals surface area contributed by atoms with Crippen molar-refractivity contribution in [2.75, 3.05) is 13.1 Å². The number of H-pyrrole nitrogens is 1. The quantitative estimate of drug-likeness (QED) is 0.530. The minimum Gasteiger partial charge on any atom is -0.480 e. The maximum atomic E-state index is 11.8. The number of nitrogens with zero attached hydrogens (tertiary/aromatic N) is 3. The van der Waals surface area contributed by atoms with Crippen molar-refractivity contribution in [1.82, 2.24) is 25.4 Å². The molecule has 1 aromatic heterocycles. The Bertz CT molecular complexity index is 449. The number of aliphatic hydroxyl groups excluding tert-OH is 1. The average Bonchev–Trinajstić information content (AvgIpc) is 2.98. The van der Waals surface area contributed by atoms with E-state index in [0.717, 1.165) is 4.90 Å². The Labute approximate surface area is 108 Å². The van der Waals surface area contributed by atoms with E-state index in [0.29, 0.717) is 18.8 Å². The second-order valence-electron chi connectivity index (χ2n) is 4.31. The lowest BCUT2D eigenvalue weighted by Crippen LogP contribution is -2.46. The van der Waals surface area contributed by atoms with Crippen LogP contribution in [0.5, 0.6) is 0 Å². The van der Waals surface area contributed by atoms with Crippen LogP contribution in [-0.2, 0) is 11.2 Å². The summed E-state index contributed by atoms with van der Waals surface area (Å²) in [5.41, 5.74) is 0. The highest BCUT2D eigenvalue weighted by Crippen LogP contribution is 2.17. The van der Waals surface area contributed by atoms with E-state index in [1.165, 1.54) is 6.33 Å². The summed E-state index contributed by atoms with van der Waals surface area (Å²) in [5.74, 6) is -0.474. The Morgan fingerprint density at radius 2 is 2.37 bits per heavy atom. The molecule has 2 atom stereocenters. The van der Waals surface area contributed by atoms with Gasteiger partial charge in [-0.1, -0.05) is 0 Å². The van der Waals surface area contributed by atoms with E-state index >= 15 is 0 Å². The highest BCUT2D eigenvalue weighted by molar-refractivity contribution is 5.83. The first-order chi connectivity index (χ1) is 9.08. The van der Waals surface area contributed by atoms with Gasteiger partial charge in [-0.15, -0.1) is 0 Å². The summed E-state index contributed by atoms with van der Waals surface area (Å²) < 4.78 is 0. The molecule has 104 valence electrons. The third-order valence-corrected chi connectivity index (χ3v) is 2.93. The fourth-order valence-electron chi connectivity index (χ4n) is 2.01. The number of carbonyl (C=O) groups is 2. The first kappa shape index (κ1) is 13.3. The van der Waals surface area contributed by atoms with Crippen molar-refractivity contribution in [3.8, 4) is 0 Å². The van der Waals surface area contributed by atoms with E-state index in [2.05, 4.69) is 20.5 Å². The number of urea groups is 1. The summed E-state index contributed by atoms with van der Waals surface area (Å²) in [5, 5.41) is 27.3. The van der Waals surface area contributed by atoms with Crippen molar-refractivity contribution in [1.29, 1.82) is 0 Å². The molecule has 0 bridgehead atoms. The van der Waals surface area contributed by atoms with Crippen molar-refractivity contribution >= 4 is 12.0 Å². The predicted octanol–water partition coefficient (Wildman–Crippen LogP) is -1.42. The monoisotopic (exact) mass is 269 g/mol. The Kier molecular flexibility index (Phi) is 3.95. The van der Waals surface area contributed by atoms with Gasteiger partial charge in [0.2, 0.25) is 0 Å². The van der Waals surface area contributed by atoms with Gasteiger partial charge >= 0.3 is 12.0 Å². The first-order valence-corrected chi connectivity index (χ1v) is 5.87. The van der Waals surface area contributed by atoms with Crippen LogP contribution >= 0.6 is 0 Å². The van der Waals surface area contributed by atoms with Gasteiger partial charge in [0.05, 0.1) is 6.10 Å². The number of rotatable bonds is 4. The van der Waals surface area contributed by atoms with Gasteiger partial charge in [0.15, 0.2) is 0 Å². The molecule has 1 aliphatic heterocycles. The number of aromatic nitrogens is 3. The molecule has 2 amide bonds. The molecule has 0 saturated carbocycles. The summed E-state index contributed by atoms with van der Waals surface area (Å²) in [4.78, 5) is 27.8. The molecule has 0 aromatic carbocycles. The molecule has 0 unspecified atom stereocenters. The Morgan fingerprint density at radius 1 is 1.58 bits per heavy atom. The summed E-state index contributed by atoms with van der Waals surface area (Å²) >= 11 is 0. The Morgan fingerprint density at radius 3 is 3.00 bits per heavy atom. The van der Waals surface area contributed by atoms with Gasteiger partial charge in [0, 0.05) is 25.9 Å². The zero-order chi connectivity index (χ0) is 13.8. The summed E-state index contributed by atoms with van der Waals surface area (Å²) in [6, 6.07) is -1.47. The zero-order valence-corrected chi connectivity index (χ0v) is 10.1. The maximum Gasteiger partial charge on any atom is 0.326 e. The number of likely N-dealkylation sites (tertiary alicyclic amines) is 1. The van der Waals surface area contributed by atoms with Gasteiger partial charge in [-0.3, -0.25) is 5.10 Å². The zero-order valence-electron chi connectivity index (χ0n) is 10.1. The first-order valence-electron chi connectivity index (χ1n) is 5.87. The van der Waals surface area contributed by atoms with E-state index in [9.17, 15) is 14.7 Å². The summed E-state index contributed by atoms with van der Waals surface area (Å²) in [6.45, 7) is 0.345. The molecular weight excluding hydrogens is 254 g/mol. The molecule has 19 heavy (non-hydrogen) atoms. The van der Waals surface area contributed by atoms with Crippen LogP contribution in [0, 0.1) is 0 Å². The lowest BCUT2D eigenvalue weighted by molar-refractivity contribution is -0.141. The molecule has 4 N–H and O–H groups in total. The van der Waals surface area contributed by atoms with Crippen LogP contribution in [0.1, 0.15) is 12.2 Å². The van der Waals surface area contributed by atoms with Crippen molar-refractivity contribution in [3.63, 3.8) is 0 Å². The molecule has 9 nitrogen and oxygen atoms in total. The molecule has 1 saturated heterocycles. The Balaban J connectivity index is 1.83. The van der Waals surface area contributed by atoms with Crippen molar-refractivity contribution in [3.05, 3.63) is 12.2 Å². The molecule has 1 fully saturated rings. The molecule has 1 aromatic rings. The van der Waals surface area contributed by atoms with Gasteiger partial charge in [-0.05, 0) is 0 Å². The number of aromatic amines is 1. The molecular formula is C10H15N5O4. The molecule has 2 heterocycles. The van der Waals surface area contributed by atoms with Crippen LogP contribution in [0.3, 0.4) is 0 Å². The average molecular weight is 269 g/mol. The van der Waals surface area contributed by atoms with Crippen molar-refractivity contribution in [2.45, 2.75) is 25.0 Å². The van der Waals surface area contributed by atoms with Gasteiger partial charge in [0.1, 0.15) is 18.2 Å². The standard InChI is InChI=1S/C10H15N5O4/c16-6-3-7(9(17)18)15(4-6)10(19)11-2-1-8-12-5-13-14-8/h5-7,16H,1-4H2,(H,11,19)(H,17,18)(H,12,13,14)/t6-,7-/m1/s1. The second-order valence-corrected chi connectivity index (χ2v) is 4.31. The number of amides is 2. The molecule has 9 heteroatoms. The highest BCUT2D eigenvalue weighted by atomic mass is 16.4. The molecule has 0 aliphatic carbocycles. The van der Waals surface area contributed by atoms with Gasteiger partial charge in [-0.25, -0.2) is 14.6 Å². The van der Waals surface area contributed by atoms with E-state index in [1.54, 1.807) is 0 Å². The topological polar surface area (TPSA) is 131 Å². The maximum absolute atomic E-state index is 11.8. The summed E-state index contributed by atoms with van der Waals surface area (Å²) in [7, 11) is 0. The van der Waals surface area contributed by atoms with Crippen molar-refractivity contribution in [2.24, 2.45) is 0 Å². The van der Waals surface area contributed by atoms with Crippen LogP contribution < -0.4 is 5.32 Å². The number of nitrogens with one attached hydrogen (secondary N) is 2. The number of hydrogen-bond donors (Lipinski definition) is 4. The number of aliphatic carboxylic acids is 1. The number of carboxylic acids is 1. The molecule has 0 radical (unpaired) electrons. The number of carbonyl (C=O) groups excluding carboxylic acids is 1. The minimum absolute atomic E-state index is 0.0328. The SMILES string of the molecule is O=C(O)[C@H]1C[C@@H](O)CN1C(=O)NCCc1ncn[nH]1. The second kappa shape index (κ2) is 5.65. The fraction of sp³-hybridized carbons (Fsp3) is 0.600. The van der Waals surface area contributed by atoms with Crippen LogP contribution in [-0.4, -0.2) is 67.5 Å². The fourth-order valence-corrected chi connectivity index (χ4v) is 2.01. The predicted molar refractivity (Wildman–Crippen MR) is 62.2 cm³/mol. The number of β-amino-alcohol motifs (C(OH)–C–C–N with tert-alkyl or cyclic N) is 1. The van der Waals surface area contributed by atoms with Gasteiger partial charge in [0.25, 0.3) is 0 Å². The van der Waals surface area contributed by atoms with E-state index in [-0.39, 0.29) is 13.0 Å². The van der Waals surface area contributed by atoms with E-state index < -0.39 is 24.1 Å². The normalized spacial score (nSPS) is 22.5. The van der Waals surface area contributed by atoms with Crippen LogP contribution in [0.2, 0.25) is 0 Å². The van der Waals surface area contributed by atoms with Crippen LogP contribution in [0.4, 0.5) is 4.79 Å². The summed E-state index contributed by atoms with van der Waals surface area (Å²) in [6.07, 6.45) is 1.11. The Hall–Kier alpha value is -2.16. The van der Waals surface area contributed by atoms with Gasteiger partial charge < -0.3 is 20.4 Å². The third kappa shape index (κ3) is 3.19. The lowest BCUT2D eigenvalue weighted by Gasteiger charge is -2.21. The van der Waals surface area contributed by atoms with Crippen LogP contribution in [0.15, 0.2) is 6.33 Å². The molecule has 2 rings (SSSR count). The van der Waals surface area contributed by atoms with E-state index in [4.69, 9.17) is 5.11 Å². The molecule has 1 aliphatic rings. The number of hydrogen-bond acceptors (Lipinski definition) is 5. The van der Waals surface area contributed by atoms with E-state index in [1.807, 2.05) is 0 Å². The third-order valence-electron chi connectivity index (χ3n) is 2.93. The van der Waals surface area contributed by atoms with Gasteiger partial charge in [-0.2, -0.15) is 5.10 Å². The number of aliphatic hydroxyl groups is 1. The smallest absolute Gasteiger partial charge is 0.326 e. The molecule has 0 spiro atoms. The van der Waals surface area contributed by atoms with Crippen LogP contribution in [0.25, 0.3) is 0 Å². The number of carboxylic acid groups (broad SMARTS) is 1. The largest absolute Gasteiger partial charge is 0.480 e. The highest BCUT2D eigenvalue weighted by Gasteiger charge is 2.38. The minimum atomic E-state index is -1.11. The lowest BCUT2D eigenvalue weighted by atomic mass is 10.2. The van der Waals surface area contributed by atoms with Crippen molar-refractivity contribution < 1.29 is 19.8 Å².